The van der Waals surface area contributed by atoms with E-state index in [4.69, 9.17) is 18.9 Å². The number of benzene rings is 2. The summed E-state index contributed by atoms with van der Waals surface area (Å²) >= 11 is 0. The Balaban J connectivity index is 1.13. The van der Waals surface area contributed by atoms with Crippen molar-refractivity contribution in [3.63, 3.8) is 0 Å². The highest BCUT2D eigenvalue weighted by atomic mass is 16.6. The molecule has 2 aromatic rings. The molecular weight excluding hydrogens is 400 g/mol. The number of hydrogen-bond donors (Lipinski definition) is 0. The molecule has 32 heavy (non-hydrogen) atoms. The third kappa shape index (κ3) is 8.23. The van der Waals surface area contributed by atoms with E-state index in [1.54, 1.807) is 0 Å². The number of ether oxygens (including phenoxy) is 4. The minimum Gasteiger partial charge on any atom is -0.494 e. The van der Waals surface area contributed by atoms with Crippen LogP contribution in [0, 0.1) is 0 Å². The fraction of sp³-hybridized carbons (Fsp3) is 0.571. The van der Waals surface area contributed by atoms with E-state index in [2.05, 4.69) is 55.5 Å². The molecule has 0 radical (unpaired) electrons. The Morgan fingerprint density at radius 2 is 1.25 bits per heavy atom. The highest BCUT2D eigenvalue weighted by Gasteiger charge is 2.21. The summed E-state index contributed by atoms with van der Waals surface area (Å²) in [6, 6.07) is 17.2. The van der Waals surface area contributed by atoms with Gasteiger partial charge >= 0.3 is 0 Å². The SMILES string of the molecule is CC(OCCCCCC1CO1)c1ccc(-c2ccc(OCCCCCC3CO3)cc2)cc1. The summed E-state index contributed by atoms with van der Waals surface area (Å²) in [7, 11) is 0. The predicted molar refractivity (Wildman–Crippen MR) is 128 cm³/mol. The molecule has 4 nitrogen and oxygen atoms in total. The first kappa shape index (κ1) is 23.3. The monoisotopic (exact) mass is 438 g/mol. The van der Waals surface area contributed by atoms with E-state index in [0.717, 1.165) is 45.0 Å². The summed E-state index contributed by atoms with van der Waals surface area (Å²) in [5.41, 5.74) is 3.66. The van der Waals surface area contributed by atoms with Gasteiger partial charge in [-0.25, -0.2) is 0 Å². The molecule has 0 aromatic heterocycles. The minimum atomic E-state index is 0.128. The van der Waals surface area contributed by atoms with E-state index in [1.165, 1.54) is 55.2 Å². The Morgan fingerprint density at radius 3 is 1.81 bits per heavy atom. The molecule has 2 heterocycles. The summed E-state index contributed by atoms with van der Waals surface area (Å²) in [6.07, 6.45) is 10.8. The molecule has 4 rings (SSSR count). The average molecular weight is 439 g/mol. The highest BCUT2D eigenvalue weighted by Crippen LogP contribution is 2.26. The molecule has 3 atom stereocenters. The second-order valence-corrected chi connectivity index (χ2v) is 9.12. The average Bonchev–Trinajstić information content (AvgIpc) is 3.75. The van der Waals surface area contributed by atoms with Gasteiger partial charge in [0.15, 0.2) is 0 Å². The van der Waals surface area contributed by atoms with Gasteiger partial charge in [-0.1, -0.05) is 55.7 Å². The van der Waals surface area contributed by atoms with Gasteiger partial charge in [-0.05, 0) is 67.9 Å². The minimum absolute atomic E-state index is 0.128. The second kappa shape index (κ2) is 12.4. The fourth-order valence-corrected chi connectivity index (χ4v) is 4.01. The summed E-state index contributed by atoms with van der Waals surface area (Å²) < 4.78 is 22.4. The molecule has 2 aliphatic heterocycles. The number of epoxide rings is 2. The van der Waals surface area contributed by atoms with E-state index in [9.17, 15) is 0 Å². The molecule has 0 bridgehead atoms. The third-order valence-corrected chi connectivity index (χ3v) is 6.35. The Bertz CT molecular complexity index is 778. The molecule has 0 aliphatic carbocycles. The van der Waals surface area contributed by atoms with Crippen LogP contribution in [0.5, 0.6) is 5.75 Å². The Hall–Kier alpha value is -1.88. The molecule has 2 aromatic carbocycles. The first-order valence-corrected chi connectivity index (χ1v) is 12.5. The molecule has 3 unspecified atom stereocenters. The van der Waals surface area contributed by atoms with Crippen molar-refractivity contribution in [3.8, 4) is 16.9 Å². The van der Waals surface area contributed by atoms with Crippen molar-refractivity contribution >= 4 is 0 Å². The summed E-state index contributed by atoms with van der Waals surface area (Å²) in [4.78, 5) is 0. The van der Waals surface area contributed by atoms with Gasteiger partial charge in [-0.3, -0.25) is 0 Å². The Labute approximate surface area is 193 Å². The van der Waals surface area contributed by atoms with Crippen molar-refractivity contribution in [2.75, 3.05) is 26.4 Å². The molecule has 4 heteroatoms. The lowest BCUT2D eigenvalue weighted by Crippen LogP contribution is -2.02. The molecule has 0 spiro atoms. The van der Waals surface area contributed by atoms with Gasteiger partial charge in [0.25, 0.3) is 0 Å². The fourth-order valence-electron chi connectivity index (χ4n) is 4.01. The van der Waals surface area contributed by atoms with Crippen LogP contribution in [0.2, 0.25) is 0 Å². The third-order valence-electron chi connectivity index (χ3n) is 6.35. The first-order chi connectivity index (χ1) is 15.8. The van der Waals surface area contributed by atoms with Gasteiger partial charge < -0.3 is 18.9 Å². The Kier molecular flexibility index (Phi) is 9.01. The number of unbranched alkanes of at least 4 members (excludes halogenated alkanes) is 4. The molecule has 0 amide bonds. The van der Waals surface area contributed by atoms with Crippen LogP contribution in [0.1, 0.15) is 70.0 Å². The van der Waals surface area contributed by atoms with Crippen LogP contribution in [-0.2, 0) is 14.2 Å². The lowest BCUT2D eigenvalue weighted by Gasteiger charge is -2.14. The number of rotatable bonds is 16. The lowest BCUT2D eigenvalue weighted by molar-refractivity contribution is 0.0627. The molecule has 0 saturated carbocycles. The summed E-state index contributed by atoms with van der Waals surface area (Å²) in [5.74, 6) is 0.947. The first-order valence-electron chi connectivity index (χ1n) is 12.5. The van der Waals surface area contributed by atoms with Crippen molar-refractivity contribution < 1.29 is 18.9 Å². The standard InChI is InChI=1S/C28H38O4/c1-22(29-18-6-2-4-8-27-20-31-27)23-10-12-24(13-11-23)25-14-16-26(17-15-25)30-19-7-3-5-9-28-21-32-28/h10-17,22,27-28H,2-9,18-21H2,1H3. The zero-order chi connectivity index (χ0) is 22.0. The van der Waals surface area contributed by atoms with Gasteiger partial charge in [0, 0.05) is 6.61 Å². The summed E-state index contributed by atoms with van der Waals surface area (Å²) in [6.45, 7) is 5.68. The van der Waals surface area contributed by atoms with Gasteiger partial charge in [-0.15, -0.1) is 0 Å². The molecular formula is C28H38O4. The van der Waals surface area contributed by atoms with Crippen molar-refractivity contribution in [2.45, 2.75) is 76.6 Å². The Morgan fingerprint density at radius 1 is 0.719 bits per heavy atom. The molecule has 2 saturated heterocycles. The van der Waals surface area contributed by atoms with Crippen LogP contribution in [-0.4, -0.2) is 38.6 Å². The molecule has 174 valence electrons. The van der Waals surface area contributed by atoms with Crippen LogP contribution in [0.15, 0.2) is 48.5 Å². The maximum atomic E-state index is 6.03. The second-order valence-electron chi connectivity index (χ2n) is 9.12. The maximum Gasteiger partial charge on any atom is 0.119 e. The van der Waals surface area contributed by atoms with Crippen LogP contribution in [0.25, 0.3) is 11.1 Å². The van der Waals surface area contributed by atoms with Crippen LogP contribution in [0.4, 0.5) is 0 Å². The smallest absolute Gasteiger partial charge is 0.119 e. The van der Waals surface area contributed by atoms with Crippen LogP contribution < -0.4 is 4.74 Å². The van der Waals surface area contributed by atoms with E-state index in [-0.39, 0.29) is 6.10 Å². The quantitative estimate of drug-likeness (QED) is 0.215. The van der Waals surface area contributed by atoms with Gasteiger partial charge in [0.2, 0.25) is 0 Å². The van der Waals surface area contributed by atoms with E-state index in [0.29, 0.717) is 12.2 Å². The number of hydrogen-bond acceptors (Lipinski definition) is 4. The molecule has 2 aliphatic rings. The van der Waals surface area contributed by atoms with Crippen molar-refractivity contribution in [2.24, 2.45) is 0 Å². The summed E-state index contributed by atoms with van der Waals surface area (Å²) in [5, 5.41) is 0. The highest BCUT2D eigenvalue weighted by molar-refractivity contribution is 5.64. The zero-order valence-electron chi connectivity index (χ0n) is 19.5. The predicted octanol–water partition coefficient (Wildman–Crippen LogP) is 6.73. The van der Waals surface area contributed by atoms with Crippen LogP contribution in [0.3, 0.4) is 0 Å². The van der Waals surface area contributed by atoms with Crippen molar-refractivity contribution in [1.82, 2.24) is 0 Å². The van der Waals surface area contributed by atoms with Gasteiger partial charge in [0.1, 0.15) is 5.75 Å². The largest absolute Gasteiger partial charge is 0.494 e. The molecule has 2 fully saturated rings. The van der Waals surface area contributed by atoms with E-state index in [1.807, 2.05) is 0 Å². The van der Waals surface area contributed by atoms with Crippen LogP contribution >= 0.6 is 0 Å². The van der Waals surface area contributed by atoms with Gasteiger partial charge in [-0.2, -0.15) is 0 Å². The van der Waals surface area contributed by atoms with E-state index < -0.39 is 0 Å². The maximum absolute atomic E-state index is 6.03. The van der Waals surface area contributed by atoms with E-state index >= 15 is 0 Å². The zero-order valence-corrected chi connectivity index (χ0v) is 19.5. The van der Waals surface area contributed by atoms with Crippen molar-refractivity contribution in [3.05, 3.63) is 54.1 Å². The topological polar surface area (TPSA) is 43.5 Å². The van der Waals surface area contributed by atoms with Gasteiger partial charge in [0.05, 0.1) is 38.1 Å². The normalized spacial score (nSPS) is 20.2. The van der Waals surface area contributed by atoms with Crippen molar-refractivity contribution in [1.29, 1.82) is 0 Å². The lowest BCUT2D eigenvalue weighted by atomic mass is 10.0. The molecule has 0 N–H and O–H groups in total.